The molecule has 0 saturated carbocycles. The molecule has 0 bridgehead atoms. The minimum atomic E-state index is -0.277. The number of rotatable bonds is 7. The summed E-state index contributed by atoms with van der Waals surface area (Å²) in [5.74, 6) is 0.963. The van der Waals surface area contributed by atoms with Crippen LogP contribution in [0.2, 0.25) is 0 Å². The Morgan fingerprint density at radius 1 is 1.05 bits per heavy atom. The first-order chi connectivity index (χ1) is 17.9. The average molecular weight is 499 g/mol. The third-order valence-corrected chi connectivity index (χ3v) is 6.58. The monoisotopic (exact) mass is 498 g/mol. The highest BCUT2D eigenvalue weighted by Gasteiger charge is 2.21. The zero-order valence-electron chi connectivity index (χ0n) is 21.2. The van der Waals surface area contributed by atoms with E-state index < -0.39 is 0 Å². The number of fused-ring (bicyclic) bond motifs is 1. The van der Waals surface area contributed by atoms with E-state index in [0.717, 1.165) is 54.0 Å². The van der Waals surface area contributed by atoms with Crippen molar-refractivity contribution in [1.29, 1.82) is 0 Å². The standard InChI is InChI=1S/C27H30N8O2/c1-5-27(36)32-21-13-22(25(37-4)15-24(21)35-10-8-33(2)9-11-35)31-26-14-20(28-17-29-26)18-6-7-19-16-30-34(3)23(19)12-18/h5-7,12-17H,1,8-11H2,2-4H3,(H,32,36)(H,28,29,31). The number of aromatic nitrogens is 4. The van der Waals surface area contributed by atoms with Gasteiger partial charge in [-0.3, -0.25) is 9.48 Å². The molecule has 2 aromatic heterocycles. The molecule has 5 rings (SSSR count). The molecule has 190 valence electrons. The molecule has 1 fully saturated rings. The zero-order valence-corrected chi connectivity index (χ0v) is 21.2. The van der Waals surface area contributed by atoms with Gasteiger partial charge in [0.05, 0.1) is 41.6 Å². The quantitative estimate of drug-likeness (QED) is 0.373. The van der Waals surface area contributed by atoms with E-state index in [0.29, 0.717) is 22.9 Å². The molecule has 37 heavy (non-hydrogen) atoms. The molecule has 2 aromatic carbocycles. The largest absolute Gasteiger partial charge is 0.494 e. The van der Waals surface area contributed by atoms with Crippen molar-refractivity contribution in [2.24, 2.45) is 7.05 Å². The van der Waals surface area contributed by atoms with Crippen LogP contribution in [0.25, 0.3) is 22.2 Å². The van der Waals surface area contributed by atoms with Crippen LogP contribution in [0, 0.1) is 0 Å². The number of piperazine rings is 1. The van der Waals surface area contributed by atoms with Gasteiger partial charge in [0.2, 0.25) is 5.91 Å². The molecule has 0 aliphatic carbocycles. The molecule has 1 aliphatic rings. The molecule has 1 amide bonds. The van der Waals surface area contributed by atoms with Crippen molar-refractivity contribution in [2.75, 3.05) is 55.9 Å². The molecule has 10 nitrogen and oxygen atoms in total. The number of hydrogen-bond donors (Lipinski definition) is 2. The van der Waals surface area contributed by atoms with Crippen LogP contribution >= 0.6 is 0 Å². The lowest BCUT2D eigenvalue weighted by molar-refractivity contribution is -0.111. The van der Waals surface area contributed by atoms with E-state index in [1.807, 2.05) is 48.3 Å². The van der Waals surface area contributed by atoms with Gasteiger partial charge in [-0.2, -0.15) is 5.10 Å². The van der Waals surface area contributed by atoms with Crippen LogP contribution < -0.4 is 20.3 Å². The highest BCUT2D eigenvalue weighted by molar-refractivity contribution is 6.02. The summed E-state index contributed by atoms with van der Waals surface area (Å²) in [6.45, 7) is 7.16. The molecule has 4 aromatic rings. The first kappa shape index (κ1) is 24.3. The summed E-state index contributed by atoms with van der Waals surface area (Å²) in [6.07, 6.45) is 4.63. The lowest BCUT2D eigenvalue weighted by Gasteiger charge is -2.35. The Labute approximate surface area is 215 Å². The normalized spacial score (nSPS) is 14.0. The number of anilines is 4. The molecule has 0 spiro atoms. The van der Waals surface area contributed by atoms with Gasteiger partial charge in [-0.1, -0.05) is 18.7 Å². The van der Waals surface area contributed by atoms with Gasteiger partial charge in [0.1, 0.15) is 17.9 Å². The number of aryl methyl sites for hydroxylation is 1. The highest BCUT2D eigenvalue weighted by atomic mass is 16.5. The van der Waals surface area contributed by atoms with Gasteiger partial charge < -0.3 is 25.2 Å². The average Bonchev–Trinajstić information content (AvgIpc) is 3.29. The molecule has 10 heteroatoms. The molecule has 0 unspecified atom stereocenters. The van der Waals surface area contributed by atoms with E-state index >= 15 is 0 Å². The fourth-order valence-electron chi connectivity index (χ4n) is 4.45. The van der Waals surface area contributed by atoms with Crippen LogP contribution in [0.4, 0.5) is 22.9 Å². The van der Waals surface area contributed by atoms with Gasteiger partial charge in [-0.25, -0.2) is 9.97 Å². The van der Waals surface area contributed by atoms with Crippen LogP contribution in [0.1, 0.15) is 0 Å². The Hall–Kier alpha value is -4.44. The third kappa shape index (κ3) is 5.10. The van der Waals surface area contributed by atoms with Crippen molar-refractivity contribution in [1.82, 2.24) is 24.6 Å². The predicted octanol–water partition coefficient (Wildman–Crippen LogP) is 3.66. The molecular weight excluding hydrogens is 468 g/mol. The van der Waals surface area contributed by atoms with Crippen molar-refractivity contribution in [3.8, 4) is 17.0 Å². The molecule has 3 heterocycles. The first-order valence-electron chi connectivity index (χ1n) is 12.1. The minimum Gasteiger partial charge on any atom is -0.494 e. The molecule has 2 N–H and O–H groups in total. The fourth-order valence-corrected chi connectivity index (χ4v) is 4.45. The third-order valence-electron chi connectivity index (χ3n) is 6.58. The summed E-state index contributed by atoms with van der Waals surface area (Å²) in [5, 5.41) is 11.7. The summed E-state index contributed by atoms with van der Waals surface area (Å²) < 4.78 is 7.58. The van der Waals surface area contributed by atoms with E-state index in [2.05, 4.69) is 55.2 Å². The van der Waals surface area contributed by atoms with E-state index in [-0.39, 0.29) is 5.91 Å². The Balaban J connectivity index is 1.48. The van der Waals surface area contributed by atoms with Crippen molar-refractivity contribution in [2.45, 2.75) is 0 Å². The lowest BCUT2D eigenvalue weighted by atomic mass is 10.1. The summed E-state index contributed by atoms with van der Waals surface area (Å²) in [7, 11) is 5.65. The maximum Gasteiger partial charge on any atom is 0.247 e. The SMILES string of the molecule is C=CC(=O)Nc1cc(Nc2cc(-c3ccc4cnn(C)c4c3)ncn2)c(OC)cc1N1CCN(C)CC1. The Bertz CT molecular complexity index is 1460. The van der Waals surface area contributed by atoms with Crippen LogP contribution in [0.5, 0.6) is 5.75 Å². The zero-order chi connectivity index (χ0) is 25.9. The predicted molar refractivity (Wildman–Crippen MR) is 147 cm³/mol. The summed E-state index contributed by atoms with van der Waals surface area (Å²) >= 11 is 0. The van der Waals surface area contributed by atoms with Crippen molar-refractivity contribution in [3.63, 3.8) is 0 Å². The maximum absolute atomic E-state index is 12.3. The second-order valence-corrected chi connectivity index (χ2v) is 9.01. The smallest absolute Gasteiger partial charge is 0.247 e. The number of likely N-dealkylation sites (N-methyl/N-ethyl adjacent to an activating group) is 1. The number of nitrogens with zero attached hydrogens (tertiary/aromatic N) is 6. The topological polar surface area (TPSA) is 100 Å². The van der Waals surface area contributed by atoms with E-state index in [9.17, 15) is 4.79 Å². The van der Waals surface area contributed by atoms with Gasteiger partial charge in [0, 0.05) is 56.3 Å². The number of benzene rings is 2. The first-order valence-corrected chi connectivity index (χ1v) is 12.1. The second kappa shape index (κ2) is 10.3. The Morgan fingerprint density at radius 3 is 2.62 bits per heavy atom. The van der Waals surface area contributed by atoms with Crippen LogP contribution in [0.3, 0.4) is 0 Å². The van der Waals surface area contributed by atoms with E-state index in [1.54, 1.807) is 7.11 Å². The number of amides is 1. The van der Waals surface area contributed by atoms with Crippen LogP contribution in [-0.4, -0.2) is 70.9 Å². The number of ether oxygens (including phenoxy) is 1. The van der Waals surface area contributed by atoms with Crippen LogP contribution in [0.15, 0.2) is 61.6 Å². The Morgan fingerprint density at radius 2 is 1.86 bits per heavy atom. The fraction of sp³-hybridized carbons (Fsp3) is 0.259. The van der Waals surface area contributed by atoms with Crippen molar-refractivity contribution in [3.05, 3.63) is 61.6 Å². The van der Waals surface area contributed by atoms with Gasteiger partial charge in [0.15, 0.2) is 0 Å². The highest BCUT2D eigenvalue weighted by Crippen LogP contribution is 2.39. The molecule has 1 saturated heterocycles. The van der Waals surface area contributed by atoms with Crippen molar-refractivity contribution >= 4 is 39.7 Å². The maximum atomic E-state index is 12.3. The van der Waals surface area contributed by atoms with Crippen molar-refractivity contribution < 1.29 is 9.53 Å². The van der Waals surface area contributed by atoms with E-state index in [1.165, 1.54) is 12.4 Å². The molecule has 1 aliphatic heterocycles. The van der Waals surface area contributed by atoms with Gasteiger partial charge in [0.25, 0.3) is 0 Å². The van der Waals surface area contributed by atoms with Crippen LogP contribution in [-0.2, 0) is 11.8 Å². The number of nitrogens with one attached hydrogen (secondary N) is 2. The molecular formula is C27H30N8O2. The number of methoxy groups -OCH3 is 1. The minimum absolute atomic E-state index is 0.277. The molecule has 0 radical (unpaired) electrons. The number of carbonyl (C=O) groups excluding carboxylic acids is 1. The summed E-state index contributed by atoms with van der Waals surface area (Å²) in [4.78, 5) is 25.7. The summed E-state index contributed by atoms with van der Waals surface area (Å²) in [5.41, 5.74) is 5.00. The lowest BCUT2D eigenvalue weighted by Crippen LogP contribution is -2.44. The number of hydrogen-bond acceptors (Lipinski definition) is 8. The van der Waals surface area contributed by atoms with Gasteiger partial charge in [-0.15, -0.1) is 0 Å². The second-order valence-electron chi connectivity index (χ2n) is 9.01. The van der Waals surface area contributed by atoms with Gasteiger partial charge in [-0.05, 0) is 25.3 Å². The van der Waals surface area contributed by atoms with Gasteiger partial charge >= 0.3 is 0 Å². The Kier molecular flexibility index (Phi) is 6.74. The molecule has 0 atom stereocenters. The number of carbonyl (C=O) groups is 1. The van der Waals surface area contributed by atoms with E-state index in [4.69, 9.17) is 4.74 Å². The summed E-state index contributed by atoms with van der Waals surface area (Å²) in [6, 6.07) is 11.8.